The van der Waals surface area contributed by atoms with Crippen LogP contribution in [0.1, 0.15) is 5.56 Å². The van der Waals surface area contributed by atoms with Gasteiger partial charge in [-0.3, -0.25) is 24.6 Å². The Kier molecular flexibility index (Phi) is 4.79. The van der Waals surface area contributed by atoms with Gasteiger partial charge in [0.15, 0.2) is 0 Å². The van der Waals surface area contributed by atoms with Crippen LogP contribution in [0.15, 0.2) is 23.1 Å². The molecule has 0 bridgehead atoms. The van der Waals surface area contributed by atoms with Gasteiger partial charge in [0.2, 0.25) is 0 Å². The lowest BCUT2D eigenvalue weighted by atomic mass is 10.2. The van der Waals surface area contributed by atoms with Crippen LogP contribution in [0.3, 0.4) is 0 Å². The number of nitro groups is 1. The van der Waals surface area contributed by atoms with Crippen molar-refractivity contribution in [2.45, 2.75) is 0 Å². The molecule has 7 nitrogen and oxygen atoms in total. The molecule has 0 spiro atoms. The summed E-state index contributed by atoms with van der Waals surface area (Å²) in [6, 6.07) is 3.82. The second-order valence-corrected chi connectivity index (χ2v) is 6.21. The first-order chi connectivity index (χ1) is 10.3. The zero-order valence-corrected chi connectivity index (χ0v) is 13.1. The maximum absolute atomic E-state index is 12.1. The average Bonchev–Trinajstić information content (AvgIpc) is 2.68. The van der Waals surface area contributed by atoms with Crippen LogP contribution in [0.25, 0.3) is 6.08 Å². The molecule has 1 saturated heterocycles. The smallest absolute Gasteiger partial charge is 0.323 e. The maximum Gasteiger partial charge on any atom is 0.323 e. The van der Waals surface area contributed by atoms with Crippen molar-refractivity contribution in [3.63, 3.8) is 0 Å². The molecule has 1 aromatic carbocycles. The molecule has 0 saturated carbocycles. The van der Waals surface area contributed by atoms with Crippen LogP contribution >= 0.6 is 35.6 Å². The quantitative estimate of drug-likeness (QED) is 0.382. The highest BCUT2D eigenvalue weighted by atomic mass is 35.5. The monoisotopic (exact) mass is 358 g/mol. The number of aliphatic carboxylic acids is 1. The number of hydrogen-bond acceptors (Lipinski definition) is 6. The molecule has 1 aliphatic heterocycles. The molecule has 0 atom stereocenters. The van der Waals surface area contributed by atoms with Crippen LogP contribution in [0.4, 0.5) is 5.69 Å². The summed E-state index contributed by atoms with van der Waals surface area (Å²) >= 11 is 11.8. The predicted molar refractivity (Wildman–Crippen MR) is 85.6 cm³/mol. The third-order valence-corrected chi connectivity index (χ3v) is 4.37. The van der Waals surface area contributed by atoms with E-state index in [1.54, 1.807) is 0 Å². The lowest BCUT2D eigenvalue weighted by Crippen LogP contribution is -2.33. The van der Waals surface area contributed by atoms with E-state index in [4.69, 9.17) is 28.9 Å². The molecule has 0 aromatic heterocycles. The summed E-state index contributed by atoms with van der Waals surface area (Å²) < 4.78 is 0.111. The second-order valence-electron chi connectivity index (χ2n) is 4.12. The third kappa shape index (κ3) is 3.43. The molecule has 0 aliphatic carbocycles. The SMILES string of the molecule is O=C(O)CN1C(=O)/C(=C/c2cc([N+](=O)[O-])ccc2Cl)SC1=S. The topological polar surface area (TPSA) is 101 Å². The fraction of sp³-hybridized carbons (Fsp3) is 0.0833. The number of halogens is 1. The van der Waals surface area contributed by atoms with E-state index in [9.17, 15) is 19.7 Å². The standard InChI is InChI=1S/C12H7ClN2O5S2/c13-8-2-1-7(15(19)20)3-6(8)4-9-11(18)14(5-10(16)17)12(21)22-9/h1-4H,5H2,(H,16,17)/b9-4-. The normalized spacial score (nSPS) is 16.4. The highest BCUT2D eigenvalue weighted by Crippen LogP contribution is 2.34. The Morgan fingerprint density at radius 2 is 2.23 bits per heavy atom. The zero-order valence-electron chi connectivity index (χ0n) is 10.7. The molecule has 0 unspecified atom stereocenters. The predicted octanol–water partition coefficient (Wildman–Crippen LogP) is 2.53. The molecule has 1 amide bonds. The number of carbonyl (C=O) groups is 2. The molecule has 1 heterocycles. The summed E-state index contributed by atoms with van der Waals surface area (Å²) in [5.74, 6) is -1.76. The van der Waals surface area contributed by atoms with Gasteiger partial charge < -0.3 is 5.11 Å². The third-order valence-electron chi connectivity index (χ3n) is 2.64. The highest BCUT2D eigenvalue weighted by Gasteiger charge is 2.33. The van der Waals surface area contributed by atoms with Crippen molar-refractivity contribution in [2.24, 2.45) is 0 Å². The molecule has 1 aromatic rings. The van der Waals surface area contributed by atoms with Crippen molar-refractivity contribution in [3.05, 3.63) is 43.8 Å². The molecule has 2 rings (SSSR count). The van der Waals surface area contributed by atoms with E-state index in [1.807, 2.05) is 0 Å². The number of thiocarbonyl (C=S) groups is 1. The highest BCUT2D eigenvalue weighted by molar-refractivity contribution is 8.26. The molecule has 0 radical (unpaired) electrons. The van der Waals surface area contributed by atoms with Crippen LogP contribution in [-0.4, -0.2) is 37.7 Å². The Morgan fingerprint density at radius 1 is 1.55 bits per heavy atom. The molecule has 10 heteroatoms. The molecule has 1 aliphatic rings. The van der Waals surface area contributed by atoms with Crippen LogP contribution in [0, 0.1) is 10.1 Å². The number of amides is 1. The van der Waals surface area contributed by atoms with Crippen LogP contribution < -0.4 is 0 Å². The number of thioether (sulfide) groups is 1. The van der Waals surface area contributed by atoms with E-state index in [-0.39, 0.29) is 25.5 Å². The van der Waals surface area contributed by atoms with E-state index in [1.165, 1.54) is 24.3 Å². The van der Waals surface area contributed by atoms with Gasteiger partial charge in [-0.05, 0) is 12.1 Å². The van der Waals surface area contributed by atoms with Gasteiger partial charge in [-0.2, -0.15) is 0 Å². The maximum atomic E-state index is 12.1. The summed E-state index contributed by atoms with van der Waals surface area (Å²) in [4.78, 5) is 34.1. The number of rotatable bonds is 4. The number of nitrogens with zero attached hydrogens (tertiary/aromatic N) is 2. The Bertz CT molecular complexity index is 734. The fourth-order valence-corrected chi connectivity index (χ4v) is 3.09. The molecular formula is C12H7ClN2O5S2. The van der Waals surface area contributed by atoms with E-state index in [0.29, 0.717) is 0 Å². The van der Waals surface area contributed by atoms with Crippen molar-refractivity contribution in [3.8, 4) is 0 Å². The van der Waals surface area contributed by atoms with E-state index in [0.717, 1.165) is 16.7 Å². The van der Waals surface area contributed by atoms with Gasteiger partial charge in [0.05, 0.1) is 9.83 Å². The first-order valence-electron chi connectivity index (χ1n) is 5.70. The number of carboxylic acids is 1. The van der Waals surface area contributed by atoms with Crippen LogP contribution in [-0.2, 0) is 9.59 Å². The summed E-state index contributed by atoms with van der Waals surface area (Å²) in [7, 11) is 0. The van der Waals surface area contributed by atoms with Gasteiger partial charge in [0, 0.05) is 22.7 Å². The molecule has 22 heavy (non-hydrogen) atoms. The van der Waals surface area contributed by atoms with Gasteiger partial charge >= 0.3 is 5.97 Å². The number of carboxylic acid groups (broad SMARTS) is 1. The van der Waals surface area contributed by atoms with E-state index in [2.05, 4.69) is 0 Å². The van der Waals surface area contributed by atoms with Crippen molar-refractivity contribution < 1.29 is 19.6 Å². The van der Waals surface area contributed by atoms with Crippen molar-refractivity contribution >= 4 is 63.5 Å². The van der Waals surface area contributed by atoms with Gasteiger partial charge in [-0.1, -0.05) is 35.6 Å². The molecular weight excluding hydrogens is 352 g/mol. The Hall–Kier alpha value is -1.97. The van der Waals surface area contributed by atoms with Gasteiger partial charge in [-0.25, -0.2) is 0 Å². The number of nitro benzene ring substituents is 1. The zero-order chi connectivity index (χ0) is 16.4. The minimum Gasteiger partial charge on any atom is -0.480 e. The summed E-state index contributed by atoms with van der Waals surface area (Å²) in [5, 5.41) is 19.7. The lowest BCUT2D eigenvalue weighted by molar-refractivity contribution is -0.384. The fourth-order valence-electron chi connectivity index (χ4n) is 1.67. The van der Waals surface area contributed by atoms with E-state index < -0.39 is 23.3 Å². The average molecular weight is 359 g/mol. The van der Waals surface area contributed by atoms with Crippen LogP contribution in [0.5, 0.6) is 0 Å². The lowest BCUT2D eigenvalue weighted by Gasteiger charge is -2.10. The Labute approximate surface area is 138 Å². The first-order valence-corrected chi connectivity index (χ1v) is 7.31. The summed E-state index contributed by atoms with van der Waals surface area (Å²) in [5.41, 5.74) is 0.114. The first kappa shape index (κ1) is 16.4. The minimum absolute atomic E-state index is 0.111. The Morgan fingerprint density at radius 3 is 2.82 bits per heavy atom. The van der Waals surface area contributed by atoms with Gasteiger partial charge in [0.25, 0.3) is 11.6 Å². The number of hydrogen-bond donors (Lipinski definition) is 1. The van der Waals surface area contributed by atoms with Crippen molar-refractivity contribution in [1.82, 2.24) is 4.90 Å². The number of non-ortho nitro benzene ring substituents is 1. The number of benzene rings is 1. The summed E-state index contributed by atoms with van der Waals surface area (Å²) in [6.07, 6.45) is 1.36. The minimum atomic E-state index is -1.19. The molecule has 1 fully saturated rings. The molecule has 1 N–H and O–H groups in total. The van der Waals surface area contributed by atoms with E-state index >= 15 is 0 Å². The van der Waals surface area contributed by atoms with Crippen molar-refractivity contribution in [2.75, 3.05) is 6.54 Å². The Balaban J connectivity index is 2.36. The van der Waals surface area contributed by atoms with Gasteiger partial charge in [-0.15, -0.1) is 0 Å². The summed E-state index contributed by atoms with van der Waals surface area (Å²) in [6.45, 7) is -0.537. The van der Waals surface area contributed by atoms with Crippen LogP contribution in [0.2, 0.25) is 5.02 Å². The van der Waals surface area contributed by atoms with Crippen molar-refractivity contribution in [1.29, 1.82) is 0 Å². The number of carbonyl (C=O) groups excluding carboxylic acids is 1. The van der Waals surface area contributed by atoms with Gasteiger partial charge in [0.1, 0.15) is 10.9 Å². The second kappa shape index (κ2) is 6.42. The molecule has 114 valence electrons. The largest absolute Gasteiger partial charge is 0.480 e.